The number of hydrogen-bond donors (Lipinski definition) is 6. The summed E-state index contributed by atoms with van der Waals surface area (Å²) < 4.78 is 5.38. The van der Waals surface area contributed by atoms with E-state index in [2.05, 4.69) is 20.9 Å². The molecule has 0 aliphatic carbocycles. The number of methoxy groups -OCH3 is 1. The molecule has 0 saturated heterocycles. The van der Waals surface area contributed by atoms with Crippen LogP contribution in [0.15, 0.2) is 30.5 Å². The van der Waals surface area contributed by atoms with Gasteiger partial charge < -0.3 is 37.3 Å². The molecule has 0 aliphatic heterocycles. The van der Waals surface area contributed by atoms with E-state index in [9.17, 15) is 19.5 Å². The number of rotatable bonds is 15. The molecule has 2 aromatic rings. The van der Waals surface area contributed by atoms with E-state index in [4.69, 9.17) is 16.2 Å². The molecular weight excluding hydrogens is 452 g/mol. The zero-order valence-corrected chi connectivity index (χ0v) is 20.3. The highest BCUT2D eigenvalue weighted by molar-refractivity contribution is 5.92. The molecular formula is C24H36N6O5. The lowest BCUT2D eigenvalue weighted by atomic mass is 10.1. The number of hydrogen-bond acceptors (Lipinski definition) is 8. The van der Waals surface area contributed by atoms with Gasteiger partial charge in [0.05, 0.1) is 30.8 Å². The summed E-state index contributed by atoms with van der Waals surface area (Å²) in [5, 5.41) is 18.8. The van der Waals surface area contributed by atoms with Crippen molar-refractivity contribution in [3.8, 4) is 5.75 Å². The van der Waals surface area contributed by atoms with Crippen molar-refractivity contribution in [2.75, 3.05) is 25.5 Å². The zero-order valence-electron chi connectivity index (χ0n) is 20.3. The van der Waals surface area contributed by atoms with Crippen LogP contribution in [0, 0.1) is 0 Å². The van der Waals surface area contributed by atoms with Gasteiger partial charge in [0.15, 0.2) is 0 Å². The van der Waals surface area contributed by atoms with Crippen LogP contribution in [0.25, 0.3) is 10.9 Å². The van der Waals surface area contributed by atoms with Gasteiger partial charge in [-0.05, 0) is 51.3 Å². The second kappa shape index (κ2) is 14.1. The fraction of sp³-hybridized carbons (Fsp3) is 0.500. The SMILES string of the molecule is COc1cc(NC(C)CCCNC(=O)C[C@@H](NC(=O)[C@H](N)CCCN)C(=O)O)c2ncccc2c1. The second-order valence-electron chi connectivity index (χ2n) is 8.43. The Morgan fingerprint density at radius 1 is 1.20 bits per heavy atom. The van der Waals surface area contributed by atoms with Crippen molar-refractivity contribution in [1.29, 1.82) is 0 Å². The van der Waals surface area contributed by atoms with Crippen LogP contribution in [0.1, 0.15) is 39.0 Å². The number of nitrogens with two attached hydrogens (primary N) is 2. The van der Waals surface area contributed by atoms with E-state index in [0.29, 0.717) is 32.4 Å². The number of fused-ring (bicyclic) bond motifs is 1. The number of aromatic nitrogens is 1. The number of nitrogens with one attached hydrogen (secondary N) is 3. The minimum absolute atomic E-state index is 0.0882. The molecule has 2 rings (SSSR count). The molecule has 8 N–H and O–H groups in total. The number of pyridine rings is 1. The molecule has 11 heteroatoms. The minimum atomic E-state index is -1.35. The smallest absolute Gasteiger partial charge is 0.326 e. The molecule has 192 valence electrons. The van der Waals surface area contributed by atoms with Crippen molar-refractivity contribution in [2.24, 2.45) is 11.5 Å². The molecule has 0 fully saturated rings. The Morgan fingerprint density at radius 3 is 2.66 bits per heavy atom. The number of anilines is 1. The first-order valence-electron chi connectivity index (χ1n) is 11.7. The molecule has 0 bridgehead atoms. The number of aliphatic carboxylic acids is 1. The van der Waals surface area contributed by atoms with Crippen LogP contribution in [0.4, 0.5) is 5.69 Å². The van der Waals surface area contributed by atoms with E-state index >= 15 is 0 Å². The molecule has 0 aliphatic rings. The minimum Gasteiger partial charge on any atom is -0.497 e. The fourth-order valence-electron chi connectivity index (χ4n) is 3.57. The molecule has 2 amide bonds. The van der Waals surface area contributed by atoms with Crippen LogP contribution in [0.2, 0.25) is 0 Å². The number of carbonyl (C=O) groups is 3. The number of carboxylic acids is 1. The van der Waals surface area contributed by atoms with E-state index in [1.165, 1.54) is 0 Å². The molecule has 11 nitrogen and oxygen atoms in total. The molecule has 3 atom stereocenters. The van der Waals surface area contributed by atoms with Gasteiger partial charge in [0.1, 0.15) is 11.8 Å². The van der Waals surface area contributed by atoms with Gasteiger partial charge in [-0.2, -0.15) is 0 Å². The lowest BCUT2D eigenvalue weighted by molar-refractivity contribution is -0.143. The molecule has 1 unspecified atom stereocenters. The van der Waals surface area contributed by atoms with Crippen LogP contribution >= 0.6 is 0 Å². The predicted octanol–water partition coefficient (Wildman–Crippen LogP) is 0.966. The highest BCUT2D eigenvalue weighted by Gasteiger charge is 2.25. The normalized spacial score (nSPS) is 13.5. The Bertz CT molecular complexity index is 1000. The maximum atomic E-state index is 12.2. The van der Waals surface area contributed by atoms with Crippen LogP contribution in [0.3, 0.4) is 0 Å². The fourth-order valence-corrected chi connectivity index (χ4v) is 3.57. The molecule has 0 radical (unpaired) electrons. The lowest BCUT2D eigenvalue weighted by Crippen LogP contribution is -2.50. The lowest BCUT2D eigenvalue weighted by Gasteiger charge is -2.18. The monoisotopic (exact) mass is 488 g/mol. The Kier molecular flexibility index (Phi) is 11.2. The van der Waals surface area contributed by atoms with Crippen molar-refractivity contribution < 1.29 is 24.2 Å². The largest absolute Gasteiger partial charge is 0.497 e. The van der Waals surface area contributed by atoms with Crippen LogP contribution in [-0.2, 0) is 14.4 Å². The highest BCUT2D eigenvalue weighted by atomic mass is 16.5. The first-order chi connectivity index (χ1) is 16.7. The van der Waals surface area contributed by atoms with Gasteiger partial charge >= 0.3 is 5.97 Å². The number of amides is 2. The summed E-state index contributed by atoms with van der Waals surface area (Å²) in [6.07, 6.45) is 3.67. The average Bonchev–Trinajstić information content (AvgIpc) is 2.84. The van der Waals surface area contributed by atoms with Gasteiger partial charge in [-0.3, -0.25) is 14.6 Å². The summed E-state index contributed by atoms with van der Waals surface area (Å²) in [6.45, 7) is 2.78. The van der Waals surface area contributed by atoms with Crippen molar-refractivity contribution in [3.63, 3.8) is 0 Å². The van der Waals surface area contributed by atoms with Gasteiger partial charge in [0, 0.05) is 30.2 Å². The van der Waals surface area contributed by atoms with E-state index in [1.807, 2.05) is 31.2 Å². The summed E-state index contributed by atoms with van der Waals surface area (Å²) in [5.74, 6) is -1.64. The first kappa shape index (κ1) is 27.8. The number of carbonyl (C=O) groups excluding carboxylic acids is 2. The average molecular weight is 489 g/mol. The molecule has 1 aromatic heterocycles. The van der Waals surface area contributed by atoms with Gasteiger partial charge in [-0.25, -0.2) is 4.79 Å². The first-order valence-corrected chi connectivity index (χ1v) is 11.7. The van der Waals surface area contributed by atoms with E-state index in [1.54, 1.807) is 13.3 Å². The predicted molar refractivity (Wildman–Crippen MR) is 134 cm³/mol. The molecule has 0 saturated carbocycles. The van der Waals surface area contributed by atoms with E-state index in [-0.39, 0.29) is 12.5 Å². The Labute approximate surface area is 205 Å². The maximum absolute atomic E-state index is 12.2. The van der Waals surface area contributed by atoms with E-state index < -0.39 is 29.9 Å². The van der Waals surface area contributed by atoms with E-state index in [0.717, 1.165) is 28.8 Å². The Balaban J connectivity index is 1.79. The summed E-state index contributed by atoms with van der Waals surface area (Å²) in [4.78, 5) is 40.2. The molecule has 0 spiro atoms. The summed E-state index contributed by atoms with van der Waals surface area (Å²) in [5.41, 5.74) is 12.8. The second-order valence-corrected chi connectivity index (χ2v) is 8.43. The molecule has 35 heavy (non-hydrogen) atoms. The van der Waals surface area contributed by atoms with Gasteiger partial charge in [0.25, 0.3) is 0 Å². The number of nitrogens with zero attached hydrogens (tertiary/aromatic N) is 1. The standard InChI is InChI=1S/C24H36N6O5/c1-15(29-19-13-17(35-2)12-16-7-5-11-28-22(16)19)6-4-10-27-21(31)14-20(24(33)34)30-23(32)18(26)8-3-9-25/h5,7,11-13,15,18,20,29H,3-4,6,8-10,14,25-26H2,1-2H3,(H,27,31)(H,30,32)(H,33,34)/t15?,18-,20-/m1/s1. The van der Waals surface area contributed by atoms with Crippen LogP contribution in [-0.4, -0.2) is 66.2 Å². The van der Waals surface area contributed by atoms with Gasteiger partial charge in [-0.15, -0.1) is 0 Å². The molecule has 1 aromatic carbocycles. The third kappa shape index (κ3) is 9.02. The third-order valence-corrected chi connectivity index (χ3v) is 5.51. The van der Waals surface area contributed by atoms with Crippen LogP contribution < -0.4 is 32.2 Å². The summed E-state index contributed by atoms with van der Waals surface area (Å²) in [6, 6.07) is 5.54. The summed E-state index contributed by atoms with van der Waals surface area (Å²) >= 11 is 0. The summed E-state index contributed by atoms with van der Waals surface area (Å²) in [7, 11) is 1.62. The zero-order chi connectivity index (χ0) is 25.8. The topological polar surface area (TPSA) is 182 Å². The quantitative estimate of drug-likeness (QED) is 0.199. The number of benzene rings is 1. The van der Waals surface area contributed by atoms with Gasteiger partial charge in [-0.1, -0.05) is 6.07 Å². The number of carboxylic acid groups (broad SMARTS) is 1. The van der Waals surface area contributed by atoms with Crippen molar-refractivity contribution in [2.45, 2.75) is 57.2 Å². The van der Waals surface area contributed by atoms with Crippen molar-refractivity contribution >= 4 is 34.4 Å². The highest BCUT2D eigenvalue weighted by Crippen LogP contribution is 2.28. The van der Waals surface area contributed by atoms with Crippen molar-refractivity contribution in [1.82, 2.24) is 15.6 Å². The molecule has 1 heterocycles. The van der Waals surface area contributed by atoms with Gasteiger partial charge in [0.2, 0.25) is 11.8 Å². The Hall–Kier alpha value is -3.44. The third-order valence-electron chi connectivity index (χ3n) is 5.51. The Morgan fingerprint density at radius 2 is 1.97 bits per heavy atom. The maximum Gasteiger partial charge on any atom is 0.326 e. The van der Waals surface area contributed by atoms with Crippen LogP contribution in [0.5, 0.6) is 5.75 Å². The van der Waals surface area contributed by atoms with Crippen molar-refractivity contribution in [3.05, 3.63) is 30.5 Å². The number of ether oxygens (including phenoxy) is 1.